The van der Waals surface area contributed by atoms with Gasteiger partial charge in [-0.15, -0.1) is 0 Å². The molecule has 1 aromatic carbocycles. The highest BCUT2D eigenvalue weighted by Crippen LogP contribution is 2.30. The third kappa shape index (κ3) is 3.94. The Bertz CT molecular complexity index is 616. The Morgan fingerprint density at radius 3 is 2.71 bits per heavy atom. The molecule has 0 spiro atoms. The predicted octanol–water partition coefficient (Wildman–Crippen LogP) is 4.72. The minimum atomic E-state index is 0.622. The normalized spacial score (nSPS) is 10.5. The largest absolute Gasteiger partial charge is 0.438 e. The fourth-order valence-electron chi connectivity index (χ4n) is 2.03. The number of hydrogen-bond acceptors (Lipinski definition) is 4. The number of nitrogens with zero attached hydrogens (tertiary/aromatic N) is 2. The molecule has 1 N–H and O–H groups in total. The quantitative estimate of drug-likeness (QED) is 0.819. The Labute approximate surface area is 134 Å². The molecule has 5 heteroatoms. The van der Waals surface area contributed by atoms with Gasteiger partial charge in [-0.05, 0) is 43.5 Å². The van der Waals surface area contributed by atoms with E-state index in [1.165, 1.54) is 0 Å². The van der Waals surface area contributed by atoms with E-state index in [1.807, 2.05) is 25.1 Å². The van der Waals surface area contributed by atoms with E-state index in [0.29, 0.717) is 5.88 Å². The zero-order valence-corrected chi connectivity index (χ0v) is 14.2. The number of halogens is 1. The highest BCUT2D eigenvalue weighted by Gasteiger charge is 2.12. The van der Waals surface area contributed by atoms with Crippen molar-refractivity contribution in [2.24, 2.45) is 0 Å². The van der Waals surface area contributed by atoms with Crippen LogP contribution in [0.2, 0.25) is 0 Å². The Kier molecular flexibility index (Phi) is 5.56. The van der Waals surface area contributed by atoms with Gasteiger partial charge in [0, 0.05) is 11.0 Å². The van der Waals surface area contributed by atoms with Crippen LogP contribution >= 0.6 is 15.9 Å². The van der Waals surface area contributed by atoms with Crippen molar-refractivity contribution in [2.45, 2.75) is 33.6 Å². The molecule has 0 bridgehead atoms. The molecule has 0 radical (unpaired) electrons. The van der Waals surface area contributed by atoms with E-state index in [-0.39, 0.29) is 0 Å². The highest BCUT2D eigenvalue weighted by atomic mass is 79.9. The maximum atomic E-state index is 5.99. The Morgan fingerprint density at radius 1 is 1.24 bits per heavy atom. The molecular formula is C16H20BrN3O. The number of aryl methyl sites for hydroxylation is 1. The molecular weight excluding hydrogens is 330 g/mol. The van der Waals surface area contributed by atoms with Crippen molar-refractivity contribution in [2.75, 3.05) is 11.9 Å². The molecule has 1 aromatic heterocycles. The summed E-state index contributed by atoms with van der Waals surface area (Å²) in [5.74, 6) is 2.30. The summed E-state index contributed by atoms with van der Waals surface area (Å²) in [6, 6.07) is 5.93. The Morgan fingerprint density at radius 2 is 2.05 bits per heavy atom. The van der Waals surface area contributed by atoms with Gasteiger partial charge in [-0.3, -0.25) is 0 Å². The average molecular weight is 350 g/mol. The van der Waals surface area contributed by atoms with Crippen LogP contribution in [-0.4, -0.2) is 16.5 Å². The van der Waals surface area contributed by atoms with Crippen LogP contribution in [0.1, 0.15) is 31.4 Å². The molecule has 2 rings (SSSR count). The van der Waals surface area contributed by atoms with Crippen molar-refractivity contribution in [3.63, 3.8) is 0 Å². The monoisotopic (exact) mass is 349 g/mol. The zero-order valence-electron chi connectivity index (χ0n) is 12.6. The number of hydrogen-bond donors (Lipinski definition) is 1. The van der Waals surface area contributed by atoms with Crippen molar-refractivity contribution in [1.29, 1.82) is 0 Å². The lowest BCUT2D eigenvalue weighted by Gasteiger charge is -2.14. The smallest absolute Gasteiger partial charge is 0.227 e. The zero-order chi connectivity index (χ0) is 15.2. The fourth-order valence-corrected chi connectivity index (χ4v) is 2.51. The number of aromatic nitrogens is 2. The van der Waals surface area contributed by atoms with E-state index >= 15 is 0 Å². The molecule has 112 valence electrons. The highest BCUT2D eigenvalue weighted by molar-refractivity contribution is 9.10. The van der Waals surface area contributed by atoms with Crippen molar-refractivity contribution >= 4 is 21.7 Å². The van der Waals surface area contributed by atoms with Crippen LogP contribution in [-0.2, 0) is 6.42 Å². The van der Waals surface area contributed by atoms with Gasteiger partial charge in [-0.2, -0.15) is 0 Å². The molecule has 0 aliphatic heterocycles. The van der Waals surface area contributed by atoms with Gasteiger partial charge < -0.3 is 10.1 Å². The third-order valence-electron chi connectivity index (χ3n) is 3.15. The predicted molar refractivity (Wildman–Crippen MR) is 89.1 cm³/mol. The molecule has 0 aliphatic rings. The van der Waals surface area contributed by atoms with E-state index in [2.05, 4.69) is 45.1 Å². The summed E-state index contributed by atoms with van der Waals surface area (Å²) in [5.41, 5.74) is 2.07. The van der Waals surface area contributed by atoms with Gasteiger partial charge in [0.15, 0.2) is 0 Å². The maximum absolute atomic E-state index is 5.99. The maximum Gasteiger partial charge on any atom is 0.227 e. The van der Waals surface area contributed by atoms with E-state index < -0.39 is 0 Å². The topological polar surface area (TPSA) is 47.0 Å². The fraction of sp³-hybridized carbons (Fsp3) is 0.375. The standard InChI is InChI=1S/C16H20BrN3O/c1-4-8-18-15-13(5-2)16(20-10-19-15)21-14-7-6-12(17)9-11(14)3/h6-7,9-10H,4-5,8H2,1-3H3,(H,18,19,20). The first-order valence-corrected chi connectivity index (χ1v) is 7.96. The number of nitrogens with one attached hydrogen (secondary N) is 1. The summed E-state index contributed by atoms with van der Waals surface area (Å²) in [5, 5.41) is 3.33. The van der Waals surface area contributed by atoms with Crippen LogP contribution in [0.15, 0.2) is 29.0 Å². The molecule has 4 nitrogen and oxygen atoms in total. The SMILES string of the molecule is CCCNc1ncnc(Oc2ccc(Br)cc2C)c1CC. The summed E-state index contributed by atoms with van der Waals surface area (Å²) in [7, 11) is 0. The van der Waals surface area contributed by atoms with E-state index in [9.17, 15) is 0 Å². The van der Waals surface area contributed by atoms with Crippen molar-refractivity contribution in [1.82, 2.24) is 9.97 Å². The van der Waals surface area contributed by atoms with Crippen molar-refractivity contribution < 1.29 is 4.74 Å². The number of benzene rings is 1. The van der Waals surface area contributed by atoms with Crippen LogP contribution in [0.3, 0.4) is 0 Å². The summed E-state index contributed by atoms with van der Waals surface area (Å²) in [6.45, 7) is 7.11. The molecule has 0 saturated carbocycles. The molecule has 21 heavy (non-hydrogen) atoms. The first-order valence-electron chi connectivity index (χ1n) is 7.17. The molecule has 0 saturated heterocycles. The van der Waals surface area contributed by atoms with E-state index in [1.54, 1.807) is 6.33 Å². The molecule has 0 fully saturated rings. The molecule has 2 aromatic rings. The average Bonchev–Trinajstić information content (AvgIpc) is 2.48. The number of ether oxygens (including phenoxy) is 1. The second-order valence-corrected chi connectivity index (χ2v) is 5.71. The first kappa shape index (κ1) is 15.8. The van der Waals surface area contributed by atoms with E-state index in [0.717, 1.165) is 46.6 Å². The van der Waals surface area contributed by atoms with Crippen LogP contribution in [0.4, 0.5) is 5.82 Å². The Balaban J connectivity index is 2.30. The minimum Gasteiger partial charge on any atom is -0.438 e. The first-order chi connectivity index (χ1) is 10.2. The third-order valence-corrected chi connectivity index (χ3v) is 3.64. The number of rotatable bonds is 6. The summed E-state index contributed by atoms with van der Waals surface area (Å²) in [4.78, 5) is 8.61. The van der Waals surface area contributed by atoms with Gasteiger partial charge in [-0.1, -0.05) is 29.8 Å². The van der Waals surface area contributed by atoms with Gasteiger partial charge in [0.05, 0.1) is 5.56 Å². The summed E-state index contributed by atoms with van der Waals surface area (Å²) >= 11 is 3.46. The second kappa shape index (κ2) is 7.41. The van der Waals surface area contributed by atoms with Gasteiger partial charge in [0.1, 0.15) is 17.9 Å². The van der Waals surface area contributed by atoms with Gasteiger partial charge in [0.2, 0.25) is 5.88 Å². The molecule has 0 aliphatic carbocycles. The van der Waals surface area contributed by atoms with Crippen LogP contribution in [0.25, 0.3) is 0 Å². The van der Waals surface area contributed by atoms with E-state index in [4.69, 9.17) is 4.74 Å². The van der Waals surface area contributed by atoms with Crippen LogP contribution in [0, 0.1) is 6.92 Å². The van der Waals surface area contributed by atoms with Crippen LogP contribution < -0.4 is 10.1 Å². The minimum absolute atomic E-state index is 0.622. The molecule has 0 amide bonds. The summed E-state index contributed by atoms with van der Waals surface area (Å²) < 4.78 is 7.03. The number of anilines is 1. The van der Waals surface area contributed by atoms with Crippen molar-refractivity contribution in [3.8, 4) is 11.6 Å². The lowest BCUT2D eigenvalue weighted by molar-refractivity contribution is 0.452. The Hall–Kier alpha value is -1.62. The van der Waals surface area contributed by atoms with Gasteiger partial charge >= 0.3 is 0 Å². The van der Waals surface area contributed by atoms with Gasteiger partial charge in [0.25, 0.3) is 0 Å². The molecule has 1 heterocycles. The van der Waals surface area contributed by atoms with Crippen molar-refractivity contribution in [3.05, 3.63) is 40.1 Å². The molecule has 0 unspecified atom stereocenters. The lowest BCUT2D eigenvalue weighted by atomic mass is 10.2. The van der Waals surface area contributed by atoms with Crippen LogP contribution in [0.5, 0.6) is 11.6 Å². The summed E-state index contributed by atoms with van der Waals surface area (Å²) in [6.07, 6.45) is 3.41. The second-order valence-electron chi connectivity index (χ2n) is 4.80. The van der Waals surface area contributed by atoms with Gasteiger partial charge in [-0.25, -0.2) is 9.97 Å². The lowest BCUT2D eigenvalue weighted by Crippen LogP contribution is -2.07. The molecule has 0 atom stereocenters.